The number of benzene rings is 2. The highest BCUT2D eigenvalue weighted by molar-refractivity contribution is 6.30. The maximum absolute atomic E-state index is 13.6. The van der Waals surface area contributed by atoms with Crippen LogP contribution in [0.4, 0.5) is 10.2 Å². The van der Waals surface area contributed by atoms with Gasteiger partial charge in [0.1, 0.15) is 11.6 Å². The summed E-state index contributed by atoms with van der Waals surface area (Å²) in [5.74, 6) is 0.530. The predicted octanol–water partition coefficient (Wildman–Crippen LogP) is 3.34. The van der Waals surface area contributed by atoms with E-state index in [9.17, 15) is 14.3 Å². The smallest absolute Gasteiger partial charge is 0.253 e. The number of carbonyl (C=O) groups excluding carboxylic acids is 1. The summed E-state index contributed by atoms with van der Waals surface area (Å²) in [5.41, 5.74) is 2.35. The molecule has 1 amide bonds. The number of piperazine rings is 1. The fraction of sp³-hybridized carbons (Fsp3) is 0.360. The normalized spacial score (nSPS) is 21.7. The lowest BCUT2D eigenvalue weighted by Crippen LogP contribution is -2.54. The topological polar surface area (TPSA) is 59.9 Å². The summed E-state index contributed by atoms with van der Waals surface area (Å²) in [6, 6.07) is 13.5. The van der Waals surface area contributed by atoms with E-state index in [-0.39, 0.29) is 17.8 Å². The highest BCUT2D eigenvalue weighted by atomic mass is 35.5. The molecule has 0 saturated carbocycles. The van der Waals surface area contributed by atoms with Crippen molar-refractivity contribution in [3.8, 4) is 0 Å². The predicted molar refractivity (Wildman–Crippen MR) is 127 cm³/mol. The van der Waals surface area contributed by atoms with Crippen LogP contribution < -0.4 is 4.90 Å². The van der Waals surface area contributed by atoms with E-state index < -0.39 is 6.10 Å². The number of aliphatic hydroxyl groups excluding tert-OH is 1. The molecular weight excluding hydrogens is 443 g/mol. The second-order valence-electron chi connectivity index (χ2n) is 8.83. The van der Waals surface area contributed by atoms with E-state index in [1.165, 1.54) is 12.1 Å². The summed E-state index contributed by atoms with van der Waals surface area (Å²) >= 11 is 5.93. The maximum atomic E-state index is 13.6. The largest absolute Gasteiger partial charge is 0.390 e. The van der Waals surface area contributed by atoms with Crippen molar-refractivity contribution in [2.24, 2.45) is 0 Å². The van der Waals surface area contributed by atoms with Crippen LogP contribution in [0.3, 0.4) is 0 Å². The van der Waals surface area contributed by atoms with Crippen LogP contribution >= 0.6 is 11.6 Å². The molecule has 0 aliphatic carbocycles. The van der Waals surface area contributed by atoms with Crippen LogP contribution in [0.25, 0.3) is 10.9 Å². The van der Waals surface area contributed by atoms with Gasteiger partial charge in [0, 0.05) is 55.2 Å². The first-order chi connectivity index (χ1) is 15.9. The summed E-state index contributed by atoms with van der Waals surface area (Å²) in [6.45, 7) is 5.75. The van der Waals surface area contributed by atoms with Crippen LogP contribution in [-0.4, -0.2) is 77.2 Å². The summed E-state index contributed by atoms with van der Waals surface area (Å²) in [7, 11) is 0. The van der Waals surface area contributed by atoms with E-state index in [0.717, 1.165) is 22.3 Å². The van der Waals surface area contributed by atoms with E-state index in [2.05, 4.69) is 9.80 Å². The molecule has 0 radical (unpaired) electrons. The second-order valence-corrected chi connectivity index (χ2v) is 9.27. The van der Waals surface area contributed by atoms with Crippen molar-refractivity contribution in [3.05, 3.63) is 70.5 Å². The third kappa shape index (κ3) is 4.40. The molecule has 172 valence electrons. The summed E-state index contributed by atoms with van der Waals surface area (Å²) in [5, 5.41) is 12.2. The Morgan fingerprint density at radius 3 is 2.52 bits per heavy atom. The van der Waals surface area contributed by atoms with Crippen molar-refractivity contribution < 1.29 is 14.3 Å². The van der Waals surface area contributed by atoms with Crippen LogP contribution in [0.1, 0.15) is 15.9 Å². The van der Waals surface area contributed by atoms with Crippen molar-refractivity contribution in [2.45, 2.75) is 19.1 Å². The Morgan fingerprint density at radius 2 is 1.79 bits per heavy atom. The molecule has 5 rings (SSSR count). The highest BCUT2D eigenvalue weighted by Gasteiger charge is 2.38. The van der Waals surface area contributed by atoms with Gasteiger partial charge in [-0.05, 0) is 61.0 Å². The average molecular weight is 469 g/mol. The first-order valence-electron chi connectivity index (χ1n) is 11.2. The number of aromatic nitrogens is 1. The molecule has 8 heteroatoms. The first-order valence-corrected chi connectivity index (χ1v) is 11.6. The zero-order chi connectivity index (χ0) is 23.1. The number of β-amino-alcohol motifs (C(OH)–C–C–N with tert-alkyl or cyclic N) is 1. The highest BCUT2D eigenvalue weighted by Crippen LogP contribution is 2.28. The van der Waals surface area contributed by atoms with Gasteiger partial charge in [0.2, 0.25) is 0 Å². The summed E-state index contributed by atoms with van der Waals surface area (Å²) in [4.78, 5) is 23.7. The number of aliphatic hydroxyl groups is 1. The number of hydrogen-bond acceptors (Lipinski definition) is 5. The lowest BCUT2D eigenvalue weighted by molar-refractivity contribution is 0.0376. The molecule has 3 aromatic rings. The first kappa shape index (κ1) is 22.1. The van der Waals surface area contributed by atoms with E-state index in [1.54, 1.807) is 30.3 Å². The molecule has 33 heavy (non-hydrogen) atoms. The molecule has 6 nitrogen and oxygen atoms in total. The fourth-order valence-electron chi connectivity index (χ4n) is 4.86. The lowest BCUT2D eigenvalue weighted by Gasteiger charge is -2.38. The molecule has 0 bridgehead atoms. The van der Waals surface area contributed by atoms with Gasteiger partial charge in [-0.3, -0.25) is 9.69 Å². The van der Waals surface area contributed by atoms with Crippen LogP contribution in [-0.2, 0) is 0 Å². The minimum Gasteiger partial charge on any atom is -0.390 e. The van der Waals surface area contributed by atoms with E-state index in [4.69, 9.17) is 16.6 Å². The van der Waals surface area contributed by atoms with E-state index in [1.807, 2.05) is 17.9 Å². The van der Waals surface area contributed by atoms with Crippen molar-refractivity contribution in [2.75, 3.05) is 44.2 Å². The monoisotopic (exact) mass is 468 g/mol. The molecule has 2 aliphatic rings. The third-order valence-corrected chi connectivity index (χ3v) is 6.96. The van der Waals surface area contributed by atoms with Crippen molar-refractivity contribution in [1.29, 1.82) is 0 Å². The molecule has 2 aliphatic heterocycles. The SMILES string of the molecule is Cc1cc(N2C[C@H](O)[C@@H](N3CCN(C(=O)c4ccc(Cl)cc4)CC3)C2)nc2ccc(F)cc12. The van der Waals surface area contributed by atoms with Gasteiger partial charge in [-0.1, -0.05) is 11.6 Å². The number of nitrogens with zero attached hydrogens (tertiary/aromatic N) is 4. The number of anilines is 1. The molecule has 1 aromatic heterocycles. The minimum absolute atomic E-state index is 0.00666. The van der Waals surface area contributed by atoms with Gasteiger partial charge in [0.05, 0.1) is 17.7 Å². The average Bonchev–Trinajstić information content (AvgIpc) is 3.21. The Kier molecular flexibility index (Phi) is 5.95. The Balaban J connectivity index is 1.25. The number of aryl methyl sites for hydroxylation is 1. The molecule has 2 atom stereocenters. The van der Waals surface area contributed by atoms with Gasteiger partial charge in [0.25, 0.3) is 5.91 Å². The number of pyridine rings is 1. The second kappa shape index (κ2) is 8.89. The molecule has 3 heterocycles. The molecule has 0 spiro atoms. The Morgan fingerprint density at radius 1 is 1.06 bits per heavy atom. The number of carbonyl (C=O) groups is 1. The van der Waals surface area contributed by atoms with Crippen LogP contribution in [0.2, 0.25) is 5.02 Å². The van der Waals surface area contributed by atoms with Crippen molar-refractivity contribution >= 4 is 34.2 Å². The van der Waals surface area contributed by atoms with Gasteiger partial charge in [-0.15, -0.1) is 0 Å². The quantitative estimate of drug-likeness (QED) is 0.639. The van der Waals surface area contributed by atoms with Crippen LogP contribution in [0.5, 0.6) is 0 Å². The molecule has 2 saturated heterocycles. The molecule has 2 fully saturated rings. The van der Waals surface area contributed by atoms with Crippen molar-refractivity contribution in [3.63, 3.8) is 0 Å². The fourth-order valence-corrected chi connectivity index (χ4v) is 4.98. The Hall–Kier alpha value is -2.74. The Labute approximate surface area is 197 Å². The number of amides is 1. The zero-order valence-electron chi connectivity index (χ0n) is 18.4. The third-order valence-electron chi connectivity index (χ3n) is 6.71. The summed E-state index contributed by atoms with van der Waals surface area (Å²) < 4.78 is 13.6. The lowest BCUT2D eigenvalue weighted by atomic mass is 10.1. The molecule has 1 N–H and O–H groups in total. The van der Waals surface area contributed by atoms with Gasteiger partial charge in [-0.2, -0.15) is 0 Å². The number of rotatable bonds is 3. The summed E-state index contributed by atoms with van der Waals surface area (Å²) in [6.07, 6.45) is -0.505. The number of halogens is 2. The molecular formula is C25H26ClFN4O2. The van der Waals surface area contributed by atoms with E-state index >= 15 is 0 Å². The van der Waals surface area contributed by atoms with Crippen molar-refractivity contribution in [1.82, 2.24) is 14.8 Å². The van der Waals surface area contributed by atoms with Gasteiger partial charge in [-0.25, -0.2) is 9.37 Å². The minimum atomic E-state index is -0.505. The van der Waals surface area contributed by atoms with E-state index in [0.29, 0.717) is 49.9 Å². The standard InChI is InChI=1S/C25H26ClFN4O2/c1-16-12-24(28-21-7-6-19(27)13-20(16)21)31-14-22(23(32)15-31)29-8-10-30(11-9-29)25(33)17-2-4-18(26)5-3-17/h2-7,12-13,22-23,32H,8-11,14-15H2,1H3/t22-,23-/m0/s1. The number of fused-ring (bicyclic) bond motifs is 1. The zero-order valence-corrected chi connectivity index (χ0v) is 19.2. The van der Waals surface area contributed by atoms with Gasteiger partial charge >= 0.3 is 0 Å². The van der Waals surface area contributed by atoms with Gasteiger partial charge in [0.15, 0.2) is 0 Å². The maximum Gasteiger partial charge on any atom is 0.253 e. The van der Waals surface area contributed by atoms with Gasteiger partial charge < -0.3 is 14.9 Å². The number of hydrogen-bond donors (Lipinski definition) is 1. The molecule has 0 unspecified atom stereocenters. The molecule has 2 aromatic carbocycles. The van der Waals surface area contributed by atoms with Crippen LogP contribution in [0, 0.1) is 12.7 Å². The Bertz CT molecular complexity index is 1180. The van der Waals surface area contributed by atoms with Crippen LogP contribution in [0.15, 0.2) is 48.5 Å².